The molecular weight excluding hydrogens is 252 g/mol. The maximum Gasteiger partial charge on any atom is 0.343 e. The Bertz CT molecular complexity index is 494. The normalized spacial score (nSPS) is 11.5. The molecule has 0 spiro atoms. The second-order valence-electron chi connectivity index (χ2n) is 3.76. The zero-order valence-corrected chi connectivity index (χ0v) is 10.6. The molecule has 0 heterocycles. The van der Waals surface area contributed by atoms with Crippen LogP contribution in [0.2, 0.25) is 0 Å². The third kappa shape index (κ3) is 4.18. The number of rotatable bonds is 5. The van der Waals surface area contributed by atoms with Gasteiger partial charge in [0.05, 0.1) is 12.7 Å². The van der Waals surface area contributed by atoms with Crippen LogP contribution in [0.3, 0.4) is 0 Å². The summed E-state index contributed by atoms with van der Waals surface area (Å²) in [4.78, 5) is 33.6. The van der Waals surface area contributed by atoms with Crippen LogP contribution in [0.5, 0.6) is 5.75 Å². The molecule has 1 atom stereocenters. The molecule has 0 amide bonds. The quantitative estimate of drug-likeness (QED) is 0.480. The van der Waals surface area contributed by atoms with Gasteiger partial charge in [-0.25, -0.2) is 4.79 Å². The van der Waals surface area contributed by atoms with Crippen LogP contribution in [0.1, 0.15) is 23.7 Å². The van der Waals surface area contributed by atoms with E-state index in [0.717, 1.165) is 6.92 Å². The monoisotopic (exact) mass is 266 g/mol. The molecule has 0 unspecified atom stereocenters. The number of hydrogen-bond donors (Lipinski definition) is 1. The summed E-state index contributed by atoms with van der Waals surface area (Å²) in [5, 5.41) is 9.47. The van der Waals surface area contributed by atoms with Crippen molar-refractivity contribution in [2.24, 2.45) is 0 Å². The second kappa shape index (κ2) is 6.65. The Kier molecular flexibility index (Phi) is 5.20. The van der Waals surface area contributed by atoms with Gasteiger partial charge in [-0.05, 0) is 12.1 Å². The first-order chi connectivity index (χ1) is 8.95. The van der Waals surface area contributed by atoms with Gasteiger partial charge in [0.2, 0.25) is 0 Å². The summed E-state index contributed by atoms with van der Waals surface area (Å²) in [6.07, 6.45) is -2.16. The lowest BCUT2D eigenvalue weighted by molar-refractivity contribution is -0.164. The van der Waals surface area contributed by atoms with E-state index >= 15 is 0 Å². The summed E-state index contributed by atoms with van der Waals surface area (Å²) in [5.74, 6) is -2.12. The lowest BCUT2D eigenvalue weighted by Crippen LogP contribution is -2.27. The third-order valence-electron chi connectivity index (χ3n) is 2.30. The molecule has 0 bridgehead atoms. The van der Waals surface area contributed by atoms with Crippen molar-refractivity contribution >= 4 is 17.7 Å². The zero-order chi connectivity index (χ0) is 14.4. The van der Waals surface area contributed by atoms with Crippen LogP contribution in [-0.2, 0) is 14.3 Å². The van der Waals surface area contributed by atoms with Crippen LogP contribution >= 0.6 is 0 Å². The van der Waals surface area contributed by atoms with Crippen molar-refractivity contribution in [2.75, 3.05) is 7.11 Å². The highest BCUT2D eigenvalue weighted by Gasteiger charge is 2.23. The lowest BCUT2D eigenvalue weighted by atomic mass is 10.0. The minimum absolute atomic E-state index is 0.250. The van der Waals surface area contributed by atoms with Crippen molar-refractivity contribution in [3.05, 3.63) is 29.8 Å². The molecule has 1 rings (SSSR count). The fraction of sp³-hybridized carbons (Fsp3) is 0.308. The summed E-state index contributed by atoms with van der Waals surface area (Å²) in [6.45, 7) is 1.03. The Morgan fingerprint density at radius 2 is 1.89 bits per heavy atom. The van der Waals surface area contributed by atoms with E-state index in [1.165, 1.54) is 13.2 Å². The predicted molar refractivity (Wildman–Crippen MR) is 64.7 cm³/mol. The Morgan fingerprint density at radius 3 is 2.47 bits per heavy atom. The summed E-state index contributed by atoms with van der Waals surface area (Å²) in [5.41, 5.74) is 0.250. The van der Waals surface area contributed by atoms with E-state index in [1.54, 1.807) is 18.2 Å². The van der Waals surface area contributed by atoms with Crippen LogP contribution < -0.4 is 4.74 Å². The Balaban J connectivity index is 2.74. The van der Waals surface area contributed by atoms with Gasteiger partial charge in [0.15, 0.2) is 11.9 Å². The van der Waals surface area contributed by atoms with Crippen molar-refractivity contribution < 1.29 is 29.0 Å². The second-order valence-corrected chi connectivity index (χ2v) is 3.76. The average molecular weight is 266 g/mol. The number of ether oxygens (including phenoxy) is 2. The number of aliphatic hydroxyl groups excluding tert-OH is 1. The average Bonchev–Trinajstić information content (AvgIpc) is 2.37. The number of Topliss-reactive ketones (excluding diaryl/α,β-unsaturated/α-hetero) is 1. The highest BCUT2D eigenvalue weighted by Crippen LogP contribution is 2.19. The van der Waals surface area contributed by atoms with Gasteiger partial charge in [0.1, 0.15) is 5.75 Å². The lowest BCUT2D eigenvalue weighted by Gasteiger charge is -2.10. The highest BCUT2D eigenvalue weighted by molar-refractivity contribution is 6.01. The molecule has 0 saturated heterocycles. The van der Waals surface area contributed by atoms with E-state index in [4.69, 9.17) is 4.74 Å². The van der Waals surface area contributed by atoms with Crippen LogP contribution in [-0.4, -0.2) is 36.0 Å². The Labute approximate surface area is 109 Å². The number of hydrogen-bond acceptors (Lipinski definition) is 6. The molecule has 1 N–H and O–H groups in total. The van der Waals surface area contributed by atoms with Gasteiger partial charge < -0.3 is 14.6 Å². The summed E-state index contributed by atoms with van der Waals surface area (Å²) in [7, 11) is 1.41. The van der Waals surface area contributed by atoms with Crippen LogP contribution in [0.15, 0.2) is 24.3 Å². The fourth-order valence-corrected chi connectivity index (χ4v) is 1.45. The molecule has 0 aliphatic rings. The smallest absolute Gasteiger partial charge is 0.343 e. The van der Waals surface area contributed by atoms with E-state index in [9.17, 15) is 19.5 Å². The molecule has 0 radical (unpaired) electrons. The maximum atomic E-state index is 11.9. The van der Waals surface area contributed by atoms with E-state index < -0.39 is 30.2 Å². The fourth-order valence-electron chi connectivity index (χ4n) is 1.45. The number of aliphatic hydroxyl groups is 1. The molecule has 6 heteroatoms. The minimum atomic E-state index is -1.68. The highest BCUT2D eigenvalue weighted by atomic mass is 16.6. The van der Waals surface area contributed by atoms with Crippen LogP contribution in [0, 0.1) is 0 Å². The van der Waals surface area contributed by atoms with Crippen molar-refractivity contribution in [1.29, 1.82) is 0 Å². The molecular formula is C13H14O6. The van der Waals surface area contributed by atoms with Crippen molar-refractivity contribution in [2.45, 2.75) is 19.4 Å². The van der Waals surface area contributed by atoms with Gasteiger partial charge >= 0.3 is 11.9 Å². The van der Waals surface area contributed by atoms with E-state index in [0.29, 0.717) is 5.75 Å². The summed E-state index contributed by atoms with van der Waals surface area (Å²) in [6, 6.07) is 6.43. The van der Waals surface area contributed by atoms with E-state index in [2.05, 4.69) is 4.74 Å². The number of methoxy groups -OCH3 is 1. The number of carbonyl (C=O) groups is 3. The number of para-hydroxylation sites is 1. The molecule has 0 saturated carbocycles. The Morgan fingerprint density at radius 1 is 1.26 bits per heavy atom. The predicted octanol–water partition coefficient (Wildman–Crippen LogP) is 0.719. The molecule has 6 nitrogen and oxygen atoms in total. The van der Waals surface area contributed by atoms with Crippen LogP contribution in [0.25, 0.3) is 0 Å². The standard InChI is InChI=1S/C13H14O6/c1-8(14)19-13(17)11(16)7-10(15)9-5-3-4-6-12(9)18-2/h3-6,11,16H,7H2,1-2H3/t11-/m1/s1. The first-order valence-electron chi connectivity index (χ1n) is 5.52. The largest absolute Gasteiger partial charge is 0.496 e. The molecule has 0 aliphatic heterocycles. The summed E-state index contributed by atoms with van der Waals surface area (Å²) < 4.78 is 9.19. The SMILES string of the molecule is COc1ccccc1C(=O)C[C@@H](O)C(=O)OC(C)=O. The van der Waals surface area contributed by atoms with E-state index in [1.807, 2.05) is 0 Å². The van der Waals surface area contributed by atoms with Gasteiger partial charge in [0.25, 0.3) is 0 Å². The van der Waals surface area contributed by atoms with Crippen molar-refractivity contribution in [3.8, 4) is 5.75 Å². The van der Waals surface area contributed by atoms with Gasteiger partial charge in [-0.15, -0.1) is 0 Å². The van der Waals surface area contributed by atoms with Gasteiger partial charge in [0, 0.05) is 13.3 Å². The zero-order valence-electron chi connectivity index (χ0n) is 10.6. The Hall–Kier alpha value is -2.21. The molecule has 19 heavy (non-hydrogen) atoms. The first-order valence-corrected chi connectivity index (χ1v) is 5.52. The third-order valence-corrected chi connectivity index (χ3v) is 2.30. The van der Waals surface area contributed by atoms with Gasteiger partial charge in [-0.1, -0.05) is 12.1 Å². The van der Waals surface area contributed by atoms with Gasteiger partial charge in [-0.3, -0.25) is 9.59 Å². The van der Waals surface area contributed by atoms with Crippen LogP contribution in [0.4, 0.5) is 0 Å². The maximum absolute atomic E-state index is 11.9. The minimum Gasteiger partial charge on any atom is -0.496 e. The molecule has 102 valence electrons. The van der Waals surface area contributed by atoms with Gasteiger partial charge in [-0.2, -0.15) is 0 Å². The molecule has 0 fully saturated rings. The molecule has 1 aromatic rings. The summed E-state index contributed by atoms with van der Waals surface area (Å²) >= 11 is 0. The van der Waals surface area contributed by atoms with E-state index in [-0.39, 0.29) is 5.56 Å². The molecule has 0 aromatic heterocycles. The topological polar surface area (TPSA) is 89.9 Å². The molecule has 1 aromatic carbocycles. The number of esters is 2. The number of carbonyl (C=O) groups excluding carboxylic acids is 3. The number of benzene rings is 1. The number of ketones is 1. The van der Waals surface area contributed by atoms with Crippen molar-refractivity contribution in [3.63, 3.8) is 0 Å². The first kappa shape index (κ1) is 14.8. The van der Waals surface area contributed by atoms with Crippen molar-refractivity contribution in [1.82, 2.24) is 0 Å². The molecule has 0 aliphatic carbocycles.